The number of amides is 1. The number of likely N-dealkylation sites (tertiary alicyclic amines) is 1. The summed E-state index contributed by atoms with van der Waals surface area (Å²) in [5.74, 6) is 0.755. The lowest BCUT2D eigenvalue weighted by Crippen LogP contribution is -2.38. The molecule has 0 aliphatic carbocycles. The lowest BCUT2D eigenvalue weighted by Gasteiger charge is -2.32. The Morgan fingerprint density at radius 2 is 1.95 bits per heavy atom. The average Bonchev–Trinajstić information content (AvgIpc) is 3.01. The van der Waals surface area contributed by atoms with Gasteiger partial charge in [0.15, 0.2) is 0 Å². The second-order valence-corrected chi connectivity index (χ2v) is 6.74. The molecule has 0 radical (unpaired) electrons. The van der Waals surface area contributed by atoms with E-state index in [1.807, 2.05) is 29.2 Å². The Kier molecular flexibility index (Phi) is 4.22. The van der Waals surface area contributed by atoms with Gasteiger partial charge in [0.2, 0.25) is 0 Å². The predicted octanol–water partition coefficient (Wildman–Crippen LogP) is 4.53. The summed E-state index contributed by atoms with van der Waals surface area (Å²) in [7, 11) is 0. The summed E-state index contributed by atoms with van der Waals surface area (Å²) in [6.07, 6.45) is 2.12. The molecule has 2 aromatic rings. The Labute approximate surface area is 131 Å². The standard InChI is InChI=1S/C16H16BrNOS/c17-15-4-2-1-3-14(15)16(19)18-8-5-12(6-9-18)13-7-10-20-11-13/h1-4,7,10-12H,5-6,8-9H2. The quantitative estimate of drug-likeness (QED) is 0.779. The van der Waals surface area contributed by atoms with Crippen LogP contribution in [0.15, 0.2) is 45.6 Å². The van der Waals surface area contributed by atoms with Gasteiger partial charge in [-0.05, 0) is 69.2 Å². The number of nitrogens with zero attached hydrogens (tertiary/aromatic N) is 1. The summed E-state index contributed by atoms with van der Waals surface area (Å²) in [5, 5.41) is 4.36. The van der Waals surface area contributed by atoms with Crippen LogP contribution in [-0.4, -0.2) is 23.9 Å². The smallest absolute Gasteiger partial charge is 0.254 e. The second kappa shape index (κ2) is 6.10. The van der Waals surface area contributed by atoms with Crippen LogP contribution in [0.4, 0.5) is 0 Å². The number of hydrogen-bond acceptors (Lipinski definition) is 2. The van der Waals surface area contributed by atoms with E-state index < -0.39 is 0 Å². The Bertz CT molecular complexity index is 588. The first-order valence-corrected chi connectivity index (χ1v) is 8.55. The van der Waals surface area contributed by atoms with E-state index in [-0.39, 0.29) is 5.91 Å². The monoisotopic (exact) mass is 349 g/mol. The molecule has 1 aromatic heterocycles. The molecule has 1 saturated heterocycles. The Hall–Kier alpha value is -1.13. The molecule has 1 aliphatic rings. The van der Waals surface area contributed by atoms with E-state index >= 15 is 0 Å². The SMILES string of the molecule is O=C(c1ccccc1Br)N1CCC(c2ccsc2)CC1. The van der Waals surface area contributed by atoms with E-state index in [2.05, 4.69) is 32.8 Å². The van der Waals surface area contributed by atoms with Crippen LogP contribution in [0.25, 0.3) is 0 Å². The maximum absolute atomic E-state index is 12.5. The van der Waals surface area contributed by atoms with Crippen LogP contribution in [0.3, 0.4) is 0 Å². The van der Waals surface area contributed by atoms with Crippen LogP contribution < -0.4 is 0 Å². The van der Waals surface area contributed by atoms with Crippen LogP contribution in [0.2, 0.25) is 0 Å². The molecule has 1 fully saturated rings. The zero-order chi connectivity index (χ0) is 13.9. The summed E-state index contributed by atoms with van der Waals surface area (Å²) in [6, 6.07) is 9.86. The van der Waals surface area contributed by atoms with E-state index in [0.717, 1.165) is 36.0 Å². The topological polar surface area (TPSA) is 20.3 Å². The normalized spacial score (nSPS) is 16.4. The number of halogens is 1. The number of carbonyl (C=O) groups is 1. The molecular weight excluding hydrogens is 334 g/mol. The van der Waals surface area contributed by atoms with Crippen molar-refractivity contribution in [2.24, 2.45) is 0 Å². The van der Waals surface area contributed by atoms with Crippen LogP contribution in [0.5, 0.6) is 0 Å². The number of hydrogen-bond donors (Lipinski definition) is 0. The zero-order valence-electron chi connectivity index (χ0n) is 11.1. The van der Waals surface area contributed by atoms with Gasteiger partial charge < -0.3 is 4.90 Å². The van der Waals surface area contributed by atoms with E-state index in [4.69, 9.17) is 0 Å². The van der Waals surface area contributed by atoms with Gasteiger partial charge in [0, 0.05) is 17.6 Å². The van der Waals surface area contributed by atoms with Gasteiger partial charge >= 0.3 is 0 Å². The Morgan fingerprint density at radius 1 is 1.20 bits per heavy atom. The van der Waals surface area contributed by atoms with Gasteiger partial charge in [-0.25, -0.2) is 0 Å². The third-order valence-electron chi connectivity index (χ3n) is 3.90. The number of rotatable bonds is 2. The molecule has 104 valence electrons. The van der Waals surface area contributed by atoms with Crippen molar-refractivity contribution in [1.82, 2.24) is 4.90 Å². The first kappa shape index (κ1) is 13.8. The van der Waals surface area contributed by atoms with Crippen LogP contribution >= 0.6 is 27.3 Å². The van der Waals surface area contributed by atoms with Gasteiger partial charge in [-0.15, -0.1) is 0 Å². The molecule has 1 aromatic carbocycles. The van der Waals surface area contributed by atoms with E-state index in [0.29, 0.717) is 5.92 Å². The van der Waals surface area contributed by atoms with Gasteiger partial charge in [-0.1, -0.05) is 12.1 Å². The van der Waals surface area contributed by atoms with Crippen LogP contribution in [-0.2, 0) is 0 Å². The minimum Gasteiger partial charge on any atom is -0.339 e. The molecule has 0 atom stereocenters. The number of benzene rings is 1. The molecule has 0 saturated carbocycles. The Balaban J connectivity index is 1.66. The van der Waals surface area contributed by atoms with Crippen LogP contribution in [0, 0.1) is 0 Å². The molecule has 0 spiro atoms. The third kappa shape index (κ3) is 2.81. The second-order valence-electron chi connectivity index (χ2n) is 5.10. The predicted molar refractivity (Wildman–Crippen MR) is 86.3 cm³/mol. The lowest BCUT2D eigenvalue weighted by molar-refractivity contribution is 0.0712. The van der Waals surface area contributed by atoms with Crippen LogP contribution in [0.1, 0.15) is 34.7 Å². The number of carbonyl (C=O) groups excluding carboxylic acids is 1. The molecule has 2 nitrogen and oxygen atoms in total. The molecule has 4 heteroatoms. The largest absolute Gasteiger partial charge is 0.339 e. The number of thiophene rings is 1. The van der Waals surface area contributed by atoms with Gasteiger partial charge in [0.05, 0.1) is 5.56 Å². The molecule has 0 bridgehead atoms. The summed E-state index contributed by atoms with van der Waals surface area (Å²) in [4.78, 5) is 14.5. The summed E-state index contributed by atoms with van der Waals surface area (Å²) in [6.45, 7) is 1.70. The fourth-order valence-electron chi connectivity index (χ4n) is 2.73. The van der Waals surface area contributed by atoms with Crippen molar-refractivity contribution in [3.8, 4) is 0 Å². The summed E-state index contributed by atoms with van der Waals surface area (Å²) in [5.41, 5.74) is 2.20. The molecule has 2 heterocycles. The fraction of sp³-hybridized carbons (Fsp3) is 0.312. The van der Waals surface area contributed by atoms with Crippen molar-refractivity contribution >= 4 is 33.2 Å². The van der Waals surface area contributed by atoms with E-state index in [1.54, 1.807) is 11.3 Å². The highest BCUT2D eigenvalue weighted by atomic mass is 79.9. The van der Waals surface area contributed by atoms with Gasteiger partial charge in [0.25, 0.3) is 5.91 Å². The maximum atomic E-state index is 12.5. The highest BCUT2D eigenvalue weighted by molar-refractivity contribution is 9.10. The van der Waals surface area contributed by atoms with Crippen molar-refractivity contribution < 1.29 is 4.79 Å². The third-order valence-corrected chi connectivity index (χ3v) is 5.29. The van der Waals surface area contributed by atoms with Crippen molar-refractivity contribution in [3.63, 3.8) is 0 Å². The van der Waals surface area contributed by atoms with E-state index in [9.17, 15) is 4.79 Å². The molecule has 20 heavy (non-hydrogen) atoms. The molecule has 1 amide bonds. The van der Waals surface area contributed by atoms with Gasteiger partial charge in [0.1, 0.15) is 0 Å². The molecular formula is C16H16BrNOS. The van der Waals surface area contributed by atoms with E-state index in [1.165, 1.54) is 5.56 Å². The highest BCUT2D eigenvalue weighted by Gasteiger charge is 2.25. The summed E-state index contributed by atoms with van der Waals surface area (Å²) < 4.78 is 0.880. The highest BCUT2D eigenvalue weighted by Crippen LogP contribution is 2.30. The van der Waals surface area contributed by atoms with Crippen molar-refractivity contribution in [1.29, 1.82) is 0 Å². The first-order valence-electron chi connectivity index (χ1n) is 6.81. The summed E-state index contributed by atoms with van der Waals surface area (Å²) >= 11 is 5.21. The zero-order valence-corrected chi connectivity index (χ0v) is 13.5. The maximum Gasteiger partial charge on any atom is 0.254 e. The minimum atomic E-state index is 0.140. The first-order chi connectivity index (χ1) is 9.75. The van der Waals surface area contributed by atoms with Gasteiger partial charge in [-0.3, -0.25) is 4.79 Å². The Morgan fingerprint density at radius 3 is 2.60 bits per heavy atom. The van der Waals surface area contributed by atoms with Gasteiger partial charge in [-0.2, -0.15) is 11.3 Å². The number of piperidine rings is 1. The molecule has 0 unspecified atom stereocenters. The lowest BCUT2D eigenvalue weighted by atomic mass is 9.91. The van der Waals surface area contributed by atoms with Crippen molar-refractivity contribution in [3.05, 3.63) is 56.7 Å². The van der Waals surface area contributed by atoms with Crippen molar-refractivity contribution in [2.75, 3.05) is 13.1 Å². The fourth-order valence-corrected chi connectivity index (χ4v) is 3.92. The molecule has 3 rings (SSSR count). The molecule has 0 N–H and O–H groups in total. The average molecular weight is 350 g/mol. The molecule has 1 aliphatic heterocycles. The minimum absolute atomic E-state index is 0.140. The van der Waals surface area contributed by atoms with Crippen molar-refractivity contribution in [2.45, 2.75) is 18.8 Å².